The van der Waals surface area contributed by atoms with Crippen LogP contribution in [0.3, 0.4) is 0 Å². The fourth-order valence-electron chi connectivity index (χ4n) is 3.37. The van der Waals surface area contributed by atoms with Crippen molar-refractivity contribution in [3.63, 3.8) is 0 Å². The second kappa shape index (κ2) is 4.50. The summed E-state index contributed by atoms with van der Waals surface area (Å²) in [6, 6.07) is 8.62. The second-order valence-electron chi connectivity index (χ2n) is 7.80. The first kappa shape index (κ1) is 14.6. The van der Waals surface area contributed by atoms with Crippen LogP contribution in [0.15, 0.2) is 24.3 Å². The van der Waals surface area contributed by atoms with E-state index in [0.29, 0.717) is 0 Å². The first-order chi connectivity index (χ1) is 10.3. The Labute approximate surface area is 132 Å². The molecule has 3 heterocycles. The highest BCUT2D eigenvalue weighted by Gasteiger charge is 2.52. The lowest BCUT2D eigenvalue weighted by atomic mass is 9.78. The first-order valence-electron chi connectivity index (χ1n) is 8.14. The Hall–Kier alpha value is -1.04. The van der Waals surface area contributed by atoms with Crippen LogP contribution in [0.5, 0.6) is 0 Å². The Morgan fingerprint density at radius 1 is 0.955 bits per heavy atom. The van der Waals surface area contributed by atoms with Gasteiger partial charge in [0.1, 0.15) is 0 Å². The van der Waals surface area contributed by atoms with Crippen molar-refractivity contribution in [1.29, 1.82) is 0 Å². The summed E-state index contributed by atoms with van der Waals surface area (Å²) in [5.74, 6) is 0. The van der Waals surface area contributed by atoms with Gasteiger partial charge in [0.05, 0.1) is 30.0 Å². The number of nitrogens with zero attached hydrogens (tertiary/aromatic N) is 1. The van der Waals surface area contributed by atoms with E-state index in [1.807, 2.05) is 0 Å². The summed E-state index contributed by atoms with van der Waals surface area (Å²) < 4.78 is 17.6. The van der Waals surface area contributed by atoms with Gasteiger partial charge in [-0.15, -0.1) is 0 Å². The third kappa shape index (κ3) is 1.95. The molecule has 4 rings (SSSR count). The molecule has 3 saturated heterocycles. The van der Waals surface area contributed by atoms with Crippen molar-refractivity contribution in [2.45, 2.75) is 50.9 Å². The van der Waals surface area contributed by atoms with E-state index < -0.39 is 0 Å². The zero-order chi connectivity index (χ0) is 15.6. The summed E-state index contributed by atoms with van der Waals surface area (Å²) in [4.78, 5) is 2.46. The largest absolute Gasteiger partial charge is 0.494 e. The molecule has 0 aliphatic carbocycles. The van der Waals surface area contributed by atoms with Gasteiger partial charge in [-0.05, 0) is 51.7 Å². The lowest BCUT2D eigenvalue weighted by Gasteiger charge is -2.58. The minimum atomic E-state index is -0.291. The van der Waals surface area contributed by atoms with Crippen LogP contribution in [0.2, 0.25) is 0 Å². The molecule has 1 aromatic rings. The highest BCUT2D eigenvalue weighted by molar-refractivity contribution is 6.62. The van der Waals surface area contributed by atoms with E-state index in [9.17, 15) is 0 Å². The summed E-state index contributed by atoms with van der Waals surface area (Å²) in [5.41, 5.74) is 2.06. The van der Waals surface area contributed by atoms with Crippen molar-refractivity contribution in [1.82, 2.24) is 0 Å². The van der Waals surface area contributed by atoms with E-state index in [4.69, 9.17) is 14.0 Å². The maximum absolute atomic E-state index is 6.11. The summed E-state index contributed by atoms with van der Waals surface area (Å²) in [7, 11) is -0.281. The highest BCUT2D eigenvalue weighted by Crippen LogP contribution is 2.41. The Morgan fingerprint density at radius 2 is 1.55 bits per heavy atom. The maximum Gasteiger partial charge on any atom is 0.494 e. The fraction of sp³-hybridized carbons (Fsp3) is 0.647. The fourth-order valence-corrected chi connectivity index (χ4v) is 3.37. The topological polar surface area (TPSA) is 30.9 Å². The summed E-state index contributed by atoms with van der Waals surface area (Å²) in [6.45, 7) is 11.2. The van der Waals surface area contributed by atoms with Crippen LogP contribution in [0.25, 0.3) is 0 Å². The molecule has 0 aromatic heterocycles. The minimum absolute atomic E-state index is 0.281. The quantitative estimate of drug-likeness (QED) is 0.782. The van der Waals surface area contributed by atoms with Crippen LogP contribution >= 0.6 is 0 Å². The molecule has 1 spiro atoms. The maximum atomic E-state index is 6.11. The van der Waals surface area contributed by atoms with Crippen molar-refractivity contribution in [3.8, 4) is 0 Å². The Morgan fingerprint density at radius 3 is 1.95 bits per heavy atom. The van der Waals surface area contributed by atoms with Gasteiger partial charge < -0.3 is 18.9 Å². The van der Waals surface area contributed by atoms with Crippen molar-refractivity contribution < 1.29 is 14.0 Å². The van der Waals surface area contributed by atoms with Gasteiger partial charge in [0.25, 0.3) is 0 Å². The molecule has 3 fully saturated rings. The molecule has 1 aromatic carbocycles. The molecule has 0 bridgehead atoms. The Kier molecular flexibility index (Phi) is 2.97. The molecule has 0 amide bonds. The van der Waals surface area contributed by atoms with Crippen LogP contribution in [-0.4, -0.2) is 43.6 Å². The van der Waals surface area contributed by atoms with Crippen molar-refractivity contribution in [3.05, 3.63) is 24.3 Å². The van der Waals surface area contributed by atoms with Crippen molar-refractivity contribution in [2.24, 2.45) is 0 Å². The molecule has 4 nitrogen and oxygen atoms in total. The van der Waals surface area contributed by atoms with E-state index in [1.165, 1.54) is 12.1 Å². The van der Waals surface area contributed by atoms with Gasteiger partial charge in [-0.3, -0.25) is 0 Å². The van der Waals surface area contributed by atoms with Gasteiger partial charge in [-0.25, -0.2) is 0 Å². The van der Waals surface area contributed by atoms with Gasteiger partial charge in [-0.1, -0.05) is 12.1 Å². The number of hydrogen-bond acceptors (Lipinski definition) is 4. The number of benzene rings is 1. The molecule has 0 unspecified atom stereocenters. The number of ether oxygens (including phenoxy) is 1. The van der Waals surface area contributed by atoms with Crippen molar-refractivity contribution >= 4 is 18.3 Å². The molecular formula is C17H24BNO3. The standard InChI is InChI=1S/C17H24BNO3/c1-15(2)16(3,4)22-18(21-15)13-5-7-14(8-6-13)19-10-9-17(19)11-20-12-17/h5-8H,9-12H2,1-4H3. The smallest absolute Gasteiger partial charge is 0.399 e. The summed E-state index contributed by atoms with van der Waals surface area (Å²) in [6.07, 6.45) is 1.24. The number of hydrogen-bond donors (Lipinski definition) is 0. The van der Waals surface area contributed by atoms with Crippen LogP contribution in [0.1, 0.15) is 34.1 Å². The lowest BCUT2D eigenvalue weighted by molar-refractivity contribution is -0.0847. The minimum Gasteiger partial charge on any atom is -0.399 e. The molecule has 0 N–H and O–H groups in total. The molecule has 5 heteroatoms. The Bertz CT molecular complexity index is 559. The third-order valence-electron chi connectivity index (χ3n) is 5.84. The molecule has 0 radical (unpaired) electrons. The SMILES string of the molecule is CC1(C)OB(c2ccc(N3CCC34COC4)cc2)OC1(C)C. The van der Waals surface area contributed by atoms with E-state index in [2.05, 4.69) is 56.9 Å². The predicted molar refractivity (Wildman–Crippen MR) is 87.7 cm³/mol. The molecule has 3 aliphatic rings. The monoisotopic (exact) mass is 301 g/mol. The molecule has 118 valence electrons. The third-order valence-corrected chi connectivity index (χ3v) is 5.84. The summed E-state index contributed by atoms with van der Waals surface area (Å²) >= 11 is 0. The van der Waals surface area contributed by atoms with Gasteiger partial charge in [-0.2, -0.15) is 0 Å². The summed E-state index contributed by atoms with van der Waals surface area (Å²) in [5, 5.41) is 0. The second-order valence-corrected chi connectivity index (χ2v) is 7.80. The normalized spacial score (nSPS) is 27.6. The zero-order valence-corrected chi connectivity index (χ0v) is 13.9. The van der Waals surface area contributed by atoms with E-state index in [0.717, 1.165) is 25.2 Å². The van der Waals surface area contributed by atoms with Crippen molar-refractivity contribution in [2.75, 3.05) is 24.7 Å². The average molecular weight is 301 g/mol. The zero-order valence-electron chi connectivity index (χ0n) is 13.9. The molecule has 0 saturated carbocycles. The first-order valence-corrected chi connectivity index (χ1v) is 8.14. The van der Waals surface area contributed by atoms with Gasteiger partial charge >= 0.3 is 7.12 Å². The van der Waals surface area contributed by atoms with E-state index in [1.54, 1.807) is 0 Å². The van der Waals surface area contributed by atoms with Gasteiger partial charge in [0.15, 0.2) is 0 Å². The molecule has 22 heavy (non-hydrogen) atoms. The van der Waals surface area contributed by atoms with E-state index in [-0.39, 0.29) is 23.9 Å². The molecule has 0 atom stereocenters. The average Bonchev–Trinajstić information content (AvgIpc) is 2.56. The molecule has 3 aliphatic heterocycles. The highest BCUT2D eigenvalue weighted by atomic mass is 16.7. The van der Waals surface area contributed by atoms with Crippen LogP contribution in [0.4, 0.5) is 5.69 Å². The van der Waals surface area contributed by atoms with Crippen LogP contribution in [0, 0.1) is 0 Å². The number of anilines is 1. The van der Waals surface area contributed by atoms with Crippen LogP contribution < -0.4 is 10.4 Å². The van der Waals surface area contributed by atoms with Gasteiger partial charge in [0, 0.05) is 12.2 Å². The molecular weight excluding hydrogens is 277 g/mol. The van der Waals surface area contributed by atoms with Crippen LogP contribution in [-0.2, 0) is 14.0 Å². The predicted octanol–water partition coefficient (Wildman–Crippen LogP) is 1.96. The number of rotatable bonds is 2. The van der Waals surface area contributed by atoms with E-state index >= 15 is 0 Å². The Balaban J connectivity index is 1.51. The van der Waals surface area contributed by atoms with Gasteiger partial charge in [0.2, 0.25) is 0 Å². The lowest BCUT2D eigenvalue weighted by Crippen LogP contribution is -2.71.